The Kier molecular flexibility index (Phi) is 6.68. The second kappa shape index (κ2) is 9.39. The molecule has 27 heavy (non-hydrogen) atoms. The minimum atomic E-state index is -0.138. The van der Waals surface area contributed by atoms with Crippen molar-refractivity contribution < 1.29 is 13.9 Å². The molecule has 1 unspecified atom stereocenters. The standard InChI is InChI=1S/C21H24N2O3S/c1-16(19-9-3-4-10-20(19)25-2)22-21(24)15-23(13-17-7-5-11-26-17)14-18-8-6-12-27-18/h3-12,16H,13-15H2,1-2H3,(H,22,24). The summed E-state index contributed by atoms with van der Waals surface area (Å²) in [5.74, 6) is 1.59. The number of benzene rings is 1. The molecule has 1 N–H and O–H groups in total. The van der Waals surface area contributed by atoms with Gasteiger partial charge in [-0.1, -0.05) is 24.3 Å². The van der Waals surface area contributed by atoms with E-state index in [1.54, 1.807) is 24.7 Å². The molecule has 6 heteroatoms. The molecule has 0 bridgehead atoms. The number of nitrogens with zero attached hydrogens (tertiary/aromatic N) is 1. The first-order chi connectivity index (χ1) is 13.2. The van der Waals surface area contributed by atoms with Crippen LogP contribution in [-0.2, 0) is 17.9 Å². The Morgan fingerprint density at radius 3 is 2.74 bits per heavy atom. The van der Waals surface area contributed by atoms with Gasteiger partial charge < -0.3 is 14.5 Å². The molecular weight excluding hydrogens is 360 g/mol. The summed E-state index contributed by atoms with van der Waals surface area (Å²) >= 11 is 1.69. The molecule has 3 rings (SSSR count). The number of ether oxygens (including phenoxy) is 1. The van der Waals surface area contributed by atoms with E-state index in [1.807, 2.05) is 54.8 Å². The number of furan rings is 1. The van der Waals surface area contributed by atoms with Crippen LogP contribution in [0.15, 0.2) is 64.6 Å². The molecule has 0 spiro atoms. The van der Waals surface area contributed by atoms with Crippen LogP contribution in [0, 0.1) is 0 Å². The molecule has 0 fully saturated rings. The summed E-state index contributed by atoms with van der Waals surface area (Å²) in [6.07, 6.45) is 1.66. The van der Waals surface area contributed by atoms with Crippen LogP contribution in [-0.4, -0.2) is 24.5 Å². The van der Waals surface area contributed by atoms with E-state index in [0.717, 1.165) is 17.1 Å². The van der Waals surface area contributed by atoms with Crippen molar-refractivity contribution >= 4 is 17.2 Å². The Hall–Kier alpha value is -2.57. The van der Waals surface area contributed by atoms with Crippen molar-refractivity contribution in [3.63, 3.8) is 0 Å². The number of nitrogens with one attached hydrogen (secondary N) is 1. The van der Waals surface area contributed by atoms with Gasteiger partial charge in [-0.3, -0.25) is 9.69 Å². The van der Waals surface area contributed by atoms with Crippen molar-refractivity contribution in [3.05, 3.63) is 76.4 Å². The lowest BCUT2D eigenvalue weighted by Gasteiger charge is -2.22. The van der Waals surface area contributed by atoms with Crippen molar-refractivity contribution in [2.45, 2.75) is 26.1 Å². The normalized spacial score (nSPS) is 12.1. The van der Waals surface area contributed by atoms with Gasteiger partial charge in [0.2, 0.25) is 5.91 Å². The van der Waals surface area contributed by atoms with Crippen molar-refractivity contribution in [3.8, 4) is 5.75 Å². The molecule has 0 aliphatic carbocycles. The number of methoxy groups -OCH3 is 1. The lowest BCUT2D eigenvalue weighted by molar-refractivity contribution is -0.123. The quantitative estimate of drug-likeness (QED) is 0.600. The van der Waals surface area contributed by atoms with Gasteiger partial charge in [0.05, 0.1) is 32.5 Å². The zero-order valence-corrected chi connectivity index (χ0v) is 16.4. The smallest absolute Gasteiger partial charge is 0.234 e. The SMILES string of the molecule is COc1ccccc1C(C)NC(=O)CN(Cc1ccco1)Cc1cccs1. The summed E-state index contributed by atoms with van der Waals surface area (Å²) in [4.78, 5) is 16.0. The molecule has 3 aromatic rings. The average molecular weight is 385 g/mol. The van der Waals surface area contributed by atoms with Gasteiger partial charge in [-0.2, -0.15) is 0 Å². The number of para-hydroxylation sites is 1. The minimum Gasteiger partial charge on any atom is -0.496 e. The van der Waals surface area contributed by atoms with Gasteiger partial charge >= 0.3 is 0 Å². The lowest BCUT2D eigenvalue weighted by Crippen LogP contribution is -2.37. The van der Waals surface area contributed by atoms with Crippen molar-refractivity contribution in [2.24, 2.45) is 0 Å². The van der Waals surface area contributed by atoms with Gasteiger partial charge in [-0.15, -0.1) is 11.3 Å². The van der Waals surface area contributed by atoms with Crippen molar-refractivity contribution in [2.75, 3.05) is 13.7 Å². The van der Waals surface area contributed by atoms with Crippen molar-refractivity contribution in [1.82, 2.24) is 10.2 Å². The highest BCUT2D eigenvalue weighted by atomic mass is 32.1. The molecule has 142 valence electrons. The topological polar surface area (TPSA) is 54.7 Å². The zero-order valence-electron chi connectivity index (χ0n) is 15.6. The highest BCUT2D eigenvalue weighted by Gasteiger charge is 2.17. The largest absolute Gasteiger partial charge is 0.496 e. The second-order valence-corrected chi connectivity index (χ2v) is 7.37. The third kappa shape index (κ3) is 5.45. The van der Waals surface area contributed by atoms with Gasteiger partial charge in [-0.25, -0.2) is 0 Å². The predicted octanol–water partition coefficient (Wildman–Crippen LogP) is 4.23. The maximum atomic E-state index is 12.7. The average Bonchev–Trinajstić information content (AvgIpc) is 3.35. The summed E-state index contributed by atoms with van der Waals surface area (Å²) in [5.41, 5.74) is 0.962. The Morgan fingerprint density at radius 2 is 2.04 bits per heavy atom. The maximum Gasteiger partial charge on any atom is 0.234 e. The van der Waals surface area contributed by atoms with Crippen LogP contribution in [0.2, 0.25) is 0 Å². The molecule has 1 atom stereocenters. The summed E-state index contributed by atoms with van der Waals surface area (Å²) in [7, 11) is 1.64. The van der Waals surface area contributed by atoms with Crippen LogP contribution in [0.25, 0.3) is 0 Å². The first-order valence-electron chi connectivity index (χ1n) is 8.85. The van der Waals surface area contributed by atoms with E-state index < -0.39 is 0 Å². The Bertz CT molecular complexity index is 795. The number of hydrogen-bond acceptors (Lipinski definition) is 5. The Balaban J connectivity index is 1.64. The Morgan fingerprint density at radius 1 is 1.19 bits per heavy atom. The number of rotatable bonds is 9. The third-order valence-corrected chi connectivity index (χ3v) is 5.13. The van der Waals surface area contributed by atoms with E-state index >= 15 is 0 Å². The number of carbonyl (C=O) groups is 1. The molecule has 1 amide bonds. The van der Waals surface area contributed by atoms with Gasteiger partial charge in [0, 0.05) is 17.0 Å². The molecular formula is C21H24N2O3S. The summed E-state index contributed by atoms with van der Waals surface area (Å²) < 4.78 is 10.9. The van der Waals surface area contributed by atoms with Crippen LogP contribution in [0.5, 0.6) is 5.75 Å². The summed E-state index contributed by atoms with van der Waals surface area (Å²) in [6.45, 7) is 3.54. The number of carbonyl (C=O) groups excluding carboxylic acids is 1. The maximum absolute atomic E-state index is 12.7. The van der Waals surface area contributed by atoms with Gasteiger partial charge in [-0.05, 0) is 36.6 Å². The molecule has 1 aromatic carbocycles. The highest BCUT2D eigenvalue weighted by Crippen LogP contribution is 2.24. The Labute approximate surface area is 163 Å². The van der Waals surface area contributed by atoms with Gasteiger partial charge in [0.25, 0.3) is 0 Å². The van der Waals surface area contributed by atoms with Crippen LogP contribution in [0.3, 0.4) is 0 Å². The lowest BCUT2D eigenvalue weighted by atomic mass is 10.1. The third-order valence-electron chi connectivity index (χ3n) is 4.27. The van der Waals surface area contributed by atoms with E-state index in [4.69, 9.17) is 9.15 Å². The molecule has 0 aliphatic heterocycles. The molecule has 2 heterocycles. The molecule has 0 saturated carbocycles. The fraction of sp³-hybridized carbons (Fsp3) is 0.286. The summed E-state index contributed by atoms with van der Waals surface area (Å²) in [5, 5.41) is 5.12. The monoisotopic (exact) mass is 384 g/mol. The van der Waals surface area contributed by atoms with Crippen LogP contribution >= 0.6 is 11.3 Å². The van der Waals surface area contributed by atoms with Crippen LogP contribution in [0.1, 0.15) is 29.2 Å². The first-order valence-corrected chi connectivity index (χ1v) is 9.73. The van der Waals surface area contributed by atoms with Crippen LogP contribution < -0.4 is 10.1 Å². The molecule has 2 aromatic heterocycles. The first kappa shape index (κ1) is 19.2. The van der Waals surface area contributed by atoms with E-state index in [9.17, 15) is 4.79 Å². The zero-order chi connectivity index (χ0) is 19.1. The van der Waals surface area contributed by atoms with Gasteiger partial charge in [0.1, 0.15) is 11.5 Å². The highest BCUT2D eigenvalue weighted by molar-refractivity contribution is 7.09. The van der Waals surface area contributed by atoms with E-state index in [2.05, 4.69) is 16.3 Å². The minimum absolute atomic E-state index is 0.0310. The molecule has 5 nitrogen and oxygen atoms in total. The number of amides is 1. The summed E-state index contributed by atoms with van der Waals surface area (Å²) in [6, 6.07) is 15.5. The van der Waals surface area contributed by atoms with Crippen LogP contribution in [0.4, 0.5) is 0 Å². The fourth-order valence-electron chi connectivity index (χ4n) is 3.01. The van der Waals surface area contributed by atoms with E-state index in [-0.39, 0.29) is 18.5 Å². The number of thiophene rings is 1. The molecule has 0 aliphatic rings. The van der Waals surface area contributed by atoms with E-state index in [1.165, 1.54) is 4.88 Å². The fourth-order valence-corrected chi connectivity index (χ4v) is 3.75. The van der Waals surface area contributed by atoms with Gasteiger partial charge in [0.15, 0.2) is 0 Å². The van der Waals surface area contributed by atoms with Crippen molar-refractivity contribution in [1.29, 1.82) is 0 Å². The van der Waals surface area contributed by atoms with E-state index in [0.29, 0.717) is 13.1 Å². The predicted molar refractivity (Wildman–Crippen MR) is 107 cm³/mol. The molecule has 0 saturated heterocycles. The number of hydrogen-bond donors (Lipinski definition) is 1. The second-order valence-electron chi connectivity index (χ2n) is 6.34. The molecule has 0 radical (unpaired) electrons.